The molecule has 1 unspecified atom stereocenters. The Balaban J connectivity index is 2.80. The quantitative estimate of drug-likeness (QED) is 0.694. The van der Waals surface area contributed by atoms with Crippen molar-refractivity contribution in [3.8, 4) is 0 Å². The van der Waals surface area contributed by atoms with Crippen LogP contribution in [-0.4, -0.2) is 31.3 Å². The molecule has 13 heavy (non-hydrogen) atoms. The second-order valence-corrected chi connectivity index (χ2v) is 3.18. The standard InChI is InChI=1S/C8H12N2O3/c1-6-9-3-4-10(6)5-8(2,13)7(11)12/h3-4,13H,5H2,1-2H3,(H,11,12). The van der Waals surface area contributed by atoms with Gasteiger partial charge in [0.15, 0.2) is 5.60 Å². The molecule has 72 valence electrons. The van der Waals surface area contributed by atoms with Gasteiger partial charge in [0.1, 0.15) is 5.82 Å². The van der Waals surface area contributed by atoms with Gasteiger partial charge in [0, 0.05) is 12.4 Å². The van der Waals surface area contributed by atoms with Crippen molar-refractivity contribution in [1.82, 2.24) is 9.55 Å². The van der Waals surface area contributed by atoms with E-state index in [1.165, 1.54) is 6.92 Å². The van der Waals surface area contributed by atoms with Crippen molar-refractivity contribution in [3.05, 3.63) is 18.2 Å². The largest absolute Gasteiger partial charge is 0.479 e. The molecule has 1 aromatic heterocycles. The minimum absolute atomic E-state index is 0.00810. The highest BCUT2D eigenvalue weighted by molar-refractivity contribution is 5.76. The van der Waals surface area contributed by atoms with E-state index in [0.29, 0.717) is 5.82 Å². The van der Waals surface area contributed by atoms with Crippen LogP contribution < -0.4 is 0 Å². The van der Waals surface area contributed by atoms with Crippen molar-refractivity contribution < 1.29 is 15.0 Å². The molecule has 0 aromatic carbocycles. The Morgan fingerprint density at radius 2 is 2.38 bits per heavy atom. The number of nitrogens with zero attached hydrogens (tertiary/aromatic N) is 2. The zero-order chi connectivity index (χ0) is 10.1. The maximum absolute atomic E-state index is 10.6. The molecule has 0 amide bonds. The number of aliphatic hydroxyl groups is 1. The Hall–Kier alpha value is -1.36. The van der Waals surface area contributed by atoms with Gasteiger partial charge in [0.05, 0.1) is 6.54 Å². The Morgan fingerprint density at radius 3 is 2.77 bits per heavy atom. The van der Waals surface area contributed by atoms with Gasteiger partial charge in [0.2, 0.25) is 0 Å². The van der Waals surface area contributed by atoms with Crippen LogP contribution in [0.2, 0.25) is 0 Å². The zero-order valence-electron chi connectivity index (χ0n) is 7.56. The predicted molar refractivity (Wildman–Crippen MR) is 45.2 cm³/mol. The van der Waals surface area contributed by atoms with Crippen LogP contribution in [0.1, 0.15) is 12.7 Å². The highest BCUT2D eigenvalue weighted by atomic mass is 16.4. The monoisotopic (exact) mass is 184 g/mol. The second-order valence-electron chi connectivity index (χ2n) is 3.18. The van der Waals surface area contributed by atoms with E-state index in [2.05, 4.69) is 4.98 Å². The molecule has 0 aliphatic carbocycles. The number of hydrogen-bond acceptors (Lipinski definition) is 3. The summed E-state index contributed by atoms with van der Waals surface area (Å²) in [7, 11) is 0. The number of aromatic nitrogens is 2. The fourth-order valence-corrected chi connectivity index (χ4v) is 0.970. The van der Waals surface area contributed by atoms with Crippen LogP contribution in [0.25, 0.3) is 0 Å². The number of carboxylic acid groups (broad SMARTS) is 1. The Kier molecular flexibility index (Phi) is 2.38. The van der Waals surface area contributed by atoms with Gasteiger partial charge in [-0.25, -0.2) is 9.78 Å². The first kappa shape index (κ1) is 9.73. The van der Waals surface area contributed by atoms with Gasteiger partial charge in [-0.3, -0.25) is 0 Å². The van der Waals surface area contributed by atoms with Gasteiger partial charge in [-0.2, -0.15) is 0 Å². The fraction of sp³-hybridized carbons (Fsp3) is 0.500. The number of aliphatic carboxylic acids is 1. The Labute approximate surface area is 75.6 Å². The second kappa shape index (κ2) is 3.18. The molecule has 0 aliphatic rings. The van der Waals surface area contributed by atoms with Gasteiger partial charge in [-0.15, -0.1) is 0 Å². The first-order chi connectivity index (χ1) is 5.93. The molecule has 1 rings (SSSR count). The molecule has 0 spiro atoms. The highest BCUT2D eigenvalue weighted by Gasteiger charge is 2.30. The van der Waals surface area contributed by atoms with Gasteiger partial charge in [-0.05, 0) is 13.8 Å². The van der Waals surface area contributed by atoms with E-state index in [4.69, 9.17) is 5.11 Å². The maximum Gasteiger partial charge on any atom is 0.337 e. The van der Waals surface area contributed by atoms with E-state index < -0.39 is 11.6 Å². The van der Waals surface area contributed by atoms with E-state index in [-0.39, 0.29) is 6.54 Å². The van der Waals surface area contributed by atoms with Crippen LogP contribution in [-0.2, 0) is 11.3 Å². The van der Waals surface area contributed by atoms with Crippen molar-refractivity contribution in [2.45, 2.75) is 26.0 Å². The molecule has 0 radical (unpaired) electrons. The lowest BCUT2D eigenvalue weighted by atomic mass is 10.1. The Morgan fingerprint density at radius 1 is 1.77 bits per heavy atom. The number of carbonyl (C=O) groups is 1. The molecule has 0 fully saturated rings. The minimum atomic E-state index is -1.74. The topological polar surface area (TPSA) is 75.3 Å². The van der Waals surface area contributed by atoms with Gasteiger partial charge in [-0.1, -0.05) is 0 Å². The summed E-state index contributed by atoms with van der Waals surface area (Å²) >= 11 is 0. The first-order valence-electron chi connectivity index (χ1n) is 3.87. The Bertz CT molecular complexity index is 317. The molecular formula is C8H12N2O3. The van der Waals surface area contributed by atoms with Gasteiger partial charge < -0.3 is 14.8 Å². The lowest BCUT2D eigenvalue weighted by Gasteiger charge is -2.18. The molecule has 0 saturated carbocycles. The molecule has 0 saturated heterocycles. The van der Waals surface area contributed by atoms with Crippen LogP contribution in [0.5, 0.6) is 0 Å². The summed E-state index contributed by atoms with van der Waals surface area (Å²) < 4.78 is 1.59. The summed E-state index contributed by atoms with van der Waals surface area (Å²) in [6.45, 7) is 3.01. The molecule has 0 aliphatic heterocycles. The van der Waals surface area contributed by atoms with Crippen molar-refractivity contribution in [1.29, 1.82) is 0 Å². The van der Waals surface area contributed by atoms with Crippen molar-refractivity contribution in [2.75, 3.05) is 0 Å². The number of rotatable bonds is 3. The summed E-state index contributed by atoms with van der Waals surface area (Å²) in [6, 6.07) is 0. The molecule has 5 nitrogen and oxygen atoms in total. The molecule has 1 heterocycles. The number of hydrogen-bond donors (Lipinski definition) is 2. The highest BCUT2D eigenvalue weighted by Crippen LogP contribution is 2.08. The third-order valence-electron chi connectivity index (χ3n) is 1.86. The summed E-state index contributed by atoms with van der Waals surface area (Å²) in [5, 5.41) is 18.1. The van der Waals surface area contributed by atoms with Crippen molar-refractivity contribution in [3.63, 3.8) is 0 Å². The lowest BCUT2D eigenvalue weighted by Crippen LogP contribution is -2.39. The van der Waals surface area contributed by atoms with Gasteiger partial charge >= 0.3 is 5.97 Å². The average molecular weight is 184 g/mol. The SMILES string of the molecule is Cc1nccn1CC(C)(O)C(=O)O. The maximum atomic E-state index is 10.6. The molecule has 1 aromatic rings. The van der Waals surface area contributed by atoms with Crippen LogP contribution in [0.4, 0.5) is 0 Å². The fourth-order valence-electron chi connectivity index (χ4n) is 0.970. The van der Waals surface area contributed by atoms with E-state index in [9.17, 15) is 9.90 Å². The van der Waals surface area contributed by atoms with Gasteiger partial charge in [0.25, 0.3) is 0 Å². The first-order valence-corrected chi connectivity index (χ1v) is 3.87. The molecular weight excluding hydrogens is 172 g/mol. The zero-order valence-corrected chi connectivity index (χ0v) is 7.56. The average Bonchev–Trinajstić information content (AvgIpc) is 2.35. The number of carboxylic acids is 1. The summed E-state index contributed by atoms with van der Waals surface area (Å²) in [6.07, 6.45) is 3.19. The minimum Gasteiger partial charge on any atom is -0.479 e. The molecule has 5 heteroatoms. The predicted octanol–water partition coefficient (Wildman–Crippen LogP) is 0.0271. The van der Waals surface area contributed by atoms with Crippen LogP contribution >= 0.6 is 0 Å². The summed E-state index contributed by atoms with van der Waals surface area (Å²) in [4.78, 5) is 14.5. The molecule has 2 N–H and O–H groups in total. The molecule has 1 atom stereocenters. The van der Waals surface area contributed by atoms with E-state index in [1.54, 1.807) is 23.9 Å². The van der Waals surface area contributed by atoms with E-state index >= 15 is 0 Å². The number of imidazole rings is 1. The third kappa shape index (κ3) is 2.06. The van der Waals surface area contributed by atoms with Crippen molar-refractivity contribution >= 4 is 5.97 Å². The normalized spacial score (nSPS) is 15.3. The summed E-state index contributed by atoms with van der Waals surface area (Å²) in [5.41, 5.74) is -1.74. The van der Waals surface area contributed by atoms with Crippen LogP contribution in [0.3, 0.4) is 0 Å². The van der Waals surface area contributed by atoms with Crippen LogP contribution in [0, 0.1) is 6.92 Å². The smallest absolute Gasteiger partial charge is 0.337 e. The lowest BCUT2D eigenvalue weighted by molar-refractivity contribution is -0.157. The van der Waals surface area contributed by atoms with Crippen molar-refractivity contribution in [2.24, 2.45) is 0 Å². The molecule has 0 bridgehead atoms. The van der Waals surface area contributed by atoms with E-state index in [1.807, 2.05) is 0 Å². The summed E-state index contributed by atoms with van der Waals surface area (Å²) in [5.74, 6) is -0.554. The van der Waals surface area contributed by atoms with E-state index in [0.717, 1.165) is 0 Å². The van der Waals surface area contributed by atoms with Crippen LogP contribution in [0.15, 0.2) is 12.4 Å². The number of aryl methyl sites for hydroxylation is 1. The third-order valence-corrected chi connectivity index (χ3v) is 1.86.